The van der Waals surface area contributed by atoms with Gasteiger partial charge in [-0.25, -0.2) is 9.07 Å². The van der Waals surface area contributed by atoms with E-state index in [2.05, 4.69) is 4.90 Å². The molecule has 170 valence electrons. The fraction of sp³-hybridized carbons (Fsp3) is 0.143. The quantitative estimate of drug-likeness (QED) is 0.399. The monoisotopic (exact) mass is 452 g/mol. The summed E-state index contributed by atoms with van der Waals surface area (Å²) in [6.45, 7) is 2.67. The standard InChI is InChI=1S/C28H25FN4O/c29-24-12-14-25(15-13-24)31-17-19-32(20-18-31)27(34)16-11-23-21-33(26-9-5-2-6-10-26)30-28(23)22-7-3-1-4-8-22/h1-16,21H,17-20H2/b16-11+. The first-order valence-electron chi connectivity index (χ1n) is 11.4. The van der Waals surface area contributed by atoms with Gasteiger partial charge in [0.05, 0.1) is 11.4 Å². The Hall–Kier alpha value is -4.19. The smallest absolute Gasteiger partial charge is 0.246 e. The summed E-state index contributed by atoms with van der Waals surface area (Å²) in [6.07, 6.45) is 5.43. The number of carbonyl (C=O) groups is 1. The highest BCUT2D eigenvalue weighted by Gasteiger charge is 2.20. The second-order valence-electron chi connectivity index (χ2n) is 8.20. The summed E-state index contributed by atoms with van der Waals surface area (Å²) in [5, 5.41) is 4.80. The van der Waals surface area contributed by atoms with Gasteiger partial charge in [-0.3, -0.25) is 4.79 Å². The third kappa shape index (κ3) is 4.76. The molecular formula is C28H25FN4O. The van der Waals surface area contributed by atoms with Gasteiger partial charge in [-0.1, -0.05) is 48.5 Å². The SMILES string of the molecule is O=C(/C=C/c1cn(-c2ccccc2)nc1-c1ccccc1)N1CCN(c2ccc(F)cc2)CC1. The first-order chi connectivity index (χ1) is 16.7. The van der Waals surface area contributed by atoms with Crippen LogP contribution in [0.2, 0.25) is 0 Å². The Balaban J connectivity index is 1.32. The zero-order valence-electron chi connectivity index (χ0n) is 18.7. The Kier molecular flexibility index (Phi) is 6.21. The van der Waals surface area contributed by atoms with Crippen LogP contribution in [-0.4, -0.2) is 46.8 Å². The molecule has 5 rings (SSSR count). The van der Waals surface area contributed by atoms with Crippen LogP contribution in [0.4, 0.5) is 10.1 Å². The van der Waals surface area contributed by atoms with E-state index in [1.54, 1.807) is 18.2 Å². The molecule has 3 aromatic carbocycles. The summed E-state index contributed by atoms with van der Waals surface area (Å²) in [6, 6.07) is 26.4. The first kappa shape index (κ1) is 21.6. The average Bonchev–Trinajstić information content (AvgIpc) is 3.33. The molecule has 1 aliphatic heterocycles. The molecule has 1 fully saturated rings. The Morgan fingerprint density at radius 2 is 1.44 bits per heavy atom. The van der Waals surface area contributed by atoms with Crippen molar-refractivity contribution in [2.75, 3.05) is 31.1 Å². The highest BCUT2D eigenvalue weighted by Crippen LogP contribution is 2.25. The van der Waals surface area contributed by atoms with Crippen molar-refractivity contribution < 1.29 is 9.18 Å². The lowest BCUT2D eigenvalue weighted by Crippen LogP contribution is -2.48. The van der Waals surface area contributed by atoms with Gasteiger partial charge in [0.1, 0.15) is 5.82 Å². The molecule has 1 aliphatic rings. The van der Waals surface area contributed by atoms with Crippen molar-refractivity contribution in [3.63, 3.8) is 0 Å². The minimum Gasteiger partial charge on any atom is -0.368 e. The van der Waals surface area contributed by atoms with Gasteiger partial charge < -0.3 is 9.80 Å². The number of amides is 1. The van der Waals surface area contributed by atoms with E-state index < -0.39 is 0 Å². The molecule has 0 bridgehead atoms. The Morgan fingerprint density at radius 1 is 0.794 bits per heavy atom. The molecule has 0 spiro atoms. The van der Waals surface area contributed by atoms with Crippen LogP contribution in [0.5, 0.6) is 0 Å². The van der Waals surface area contributed by atoms with Crippen LogP contribution in [0.15, 0.2) is 97.2 Å². The second kappa shape index (κ2) is 9.75. The minimum atomic E-state index is -0.242. The summed E-state index contributed by atoms with van der Waals surface area (Å²) < 4.78 is 15.0. The van der Waals surface area contributed by atoms with Gasteiger partial charge in [-0.15, -0.1) is 0 Å². The molecule has 6 heteroatoms. The predicted octanol–water partition coefficient (Wildman–Crippen LogP) is 5.04. The topological polar surface area (TPSA) is 41.4 Å². The maximum atomic E-state index is 13.2. The minimum absolute atomic E-state index is 0.0229. The average molecular weight is 453 g/mol. The Bertz CT molecular complexity index is 1280. The molecule has 0 radical (unpaired) electrons. The molecule has 2 heterocycles. The zero-order valence-corrected chi connectivity index (χ0v) is 18.7. The van der Waals surface area contributed by atoms with Crippen LogP contribution in [0.1, 0.15) is 5.56 Å². The molecule has 0 N–H and O–H groups in total. The molecule has 4 aromatic rings. The van der Waals surface area contributed by atoms with E-state index in [1.165, 1.54) is 12.1 Å². The van der Waals surface area contributed by atoms with Crippen LogP contribution in [0, 0.1) is 5.82 Å². The Labute approximate surface area is 198 Å². The van der Waals surface area contributed by atoms with Crippen LogP contribution in [0.25, 0.3) is 23.0 Å². The molecule has 0 aliphatic carbocycles. The van der Waals surface area contributed by atoms with E-state index in [1.807, 2.05) is 82.5 Å². The number of aromatic nitrogens is 2. The molecule has 1 saturated heterocycles. The van der Waals surface area contributed by atoms with Crippen molar-refractivity contribution in [1.82, 2.24) is 14.7 Å². The first-order valence-corrected chi connectivity index (χ1v) is 11.4. The van der Waals surface area contributed by atoms with Crippen molar-refractivity contribution in [3.8, 4) is 16.9 Å². The lowest BCUT2D eigenvalue weighted by molar-refractivity contribution is -0.126. The molecule has 0 unspecified atom stereocenters. The summed E-state index contributed by atoms with van der Waals surface area (Å²) in [4.78, 5) is 16.9. The van der Waals surface area contributed by atoms with Crippen molar-refractivity contribution in [1.29, 1.82) is 0 Å². The molecule has 0 saturated carbocycles. The maximum absolute atomic E-state index is 13.2. The normalized spacial score (nSPS) is 14.0. The lowest BCUT2D eigenvalue weighted by atomic mass is 10.1. The Morgan fingerprint density at radius 3 is 2.12 bits per heavy atom. The van der Waals surface area contributed by atoms with E-state index >= 15 is 0 Å². The van der Waals surface area contributed by atoms with Crippen molar-refractivity contribution in [2.24, 2.45) is 0 Å². The summed E-state index contributed by atoms with van der Waals surface area (Å²) in [7, 11) is 0. The van der Waals surface area contributed by atoms with Gasteiger partial charge in [0.15, 0.2) is 0 Å². The van der Waals surface area contributed by atoms with E-state index in [4.69, 9.17) is 5.10 Å². The van der Waals surface area contributed by atoms with E-state index in [9.17, 15) is 9.18 Å². The maximum Gasteiger partial charge on any atom is 0.246 e. The fourth-order valence-electron chi connectivity index (χ4n) is 4.15. The van der Waals surface area contributed by atoms with Gasteiger partial charge in [-0.2, -0.15) is 5.10 Å². The van der Waals surface area contributed by atoms with Gasteiger partial charge in [0.2, 0.25) is 5.91 Å². The number of nitrogens with zero attached hydrogens (tertiary/aromatic N) is 4. The molecule has 34 heavy (non-hydrogen) atoms. The van der Waals surface area contributed by atoms with Gasteiger partial charge in [0, 0.05) is 55.3 Å². The van der Waals surface area contributed by atoms with Crippen molar-refractivity contribution >= 4 is 17.7 Å². The molecular weight excluding hydrogens is 427 g/mol. The fourth-order valence-corrected chi connectivity index (χ4v) is 4.15. The highest BCUT2D eigenvalue weighted by molar-refractivity contribution is 5.93. The number of hydrogen-bond donors (Lipinski definition) is 0. The largest absolute Gasteiger partial charge is 0.368 e. The van der Waals surface area contributed by atoms with E-state index in [-0.39, 0.29) is 11.7 Å². The zero-order chi connectivity index (χ0) is 23.3. The molecule has 0 atom stereocenters. The van der Waals surface area contributed by atoms with Crippen molar-refractivity contribution in [2.45, 2.75) is 0 Å². The third-order valence-electron chi connectivity index (χ3n) is 6.00. The lowest BCUT2D eigenvalue weighted by Gasteiger charge is -2.35. The predicted molar refractivity (Wildman–Crippen MR) is 133 cm³/mol. The highest BCUT2D eigenvalue weighted by atomic mass is 19.1. The number of halogens is 1. The number of anilines is 1. The second-order valence-corrected chi connectivity index (χ2v) is 8.20. The number of piperazine rings is 1. The third-order valence-corrected chi connectivity index (χ3v) is 6.00. The molecule has 5 nitrogen and oxygen atoms in total. The van der Waals surface area contributed by atoms with Crippen molar-refractivity contribution in [3.05, 3.63) is 109 Å². The van der Waals surface area contributed by atoms with Gasteiger partial charge in [0.25, 0.3) is 0 Å². The van der Waals surface area contributed by atoms with E-state index in [0.717, 1.165) is 28.2 Å². The van der Waals surface area contributed by atoms with Crippen LogP contribution < -0.4 is 4.90 Å². The molecule has 1 aromatic heterocycles. The summed E-state index contributed by atoms with van der Waals surface area (Å²) in [5.41, 5.74) is 4.65. The number of para-hydroxylation sites is 1. The number of hydrogen-bond acceptors (Lipinski definition) is 3. The van der Waals surface area contributed by atoms with Crippen LogP contribution in [-0.2, 0) is 4.79 Å². The van der Waals surface area contributed by atoms with E-state index in [0.29, 0.717) is 26.2 Å². The van der Waals surface area contributed by atoms with Crippen LogP contribution in [0.3, 0.4) is 0 Å². The summed E-state index contributed by atoms with van der Waals surface area (Å²) >= 11 is 0. The van der Waals surface area contributed by atoms with Gasteiger partial charge in [-0.05, 0) is 42.5 Å². The molecule has 1 amide bonds. The number of benzene rings is 3. The number of carbonyl (C=O) groups excluding carboxylic acids is 1. The number of rotatable bonds is 5. The van der Waals surface area contributed by atoms with Gasteiger partial charge >= 0.3 is 0 Å². The summed E-state index contributed by atoms with van der Waals surface area (Å²) in [5.74, 6) is -0.265. The van der Waals surface area contributed by atoms with Crippen LogP contribution >= 0.6 is 0 Å².